The van der Waals surface area contributed by atoms with Gasteiger partial charge in [0.15, 0.2) is 35.2 Å². The third kappa shape index (κ3) is 12.3. The summed E-state index contributed by atoms with van der Waals surface area (Å²) in [4.78, 5) is 20.2. The van der Waals surface area contributed by atoms with Gasteiger partial charge in [0.05, 0.1) is 0 Å². The lowest BCUT2D eigenvalue weighted by Gasteiger charge is -2.21. The van der Waals surface area contributed by atoms with E-state index in [0.717, 1.165) is 47.0 Å². The Morgan fingerprint density at radius 3 is 1.35 bits per heavy atom. The van der Waals surface area contributed by atoms with Crippen LogP contribution in [0.15, 0.2) is 48.6 Å². The molecule has 2 aliphatic heterocycles. The summed E-state index contributed by atoms with van der Waals surface area (Å²) in [5, 5.41) is 57.8. The van der Waals surface area contributed by atoms with E-state index in [4.69, 9.17) is 49.6 Å². The molecule has 46 heavy (non-hydrogen) atoms. The van der Waals surface area contributed by atoms with Crippen LogP contribution in [0.3, 0.4) is 0 Å². The van der Waals surface area contributed by atoms with Gasteiger partial charge in [0.25, 0.3) is 0 Å². The summed E-state index contributed by atoms with van der Waals surface area (Å²) >= 11 is 0. The zero-order valence-corrected chi connectivity index (χ0v) is 26.2. The number of aliphatic hydroxyl groups excluding tert-OH is 4. The largest absolute Gasteiger partial charge is 0.479 e. The van der Waals surface area contributed by atoms with Crippen molar-refractivity contribution in [2.75, 3.05) is 27.7 Å². The average Bonchev–Trinajstić information content (AvgIpc) is 3.72. The van der Waals surface area contributed by atoms with Crippen molar-refractivity contribution < 1.29 is 59.2 Å². The van der Waals surface area contributed by atoms with E-state index in [1.165, 1.54) is 0 Å². The highest BCUT2D eigenvalue weighted by Crippen LogP contribution is 2.33. The number of fused-ring (bicyclic) bond motifs is 2. The maximum Gasteiger partial charge on any atom is 0.335 e. The van der Waals surface area contributed by atoms with Crippen LogP contribution >= 0.6 is 0 Å². The second-order valence-corrected chi connectivity index (χ2v) is 10.4. The average molecular weight is 649 g/mol. The molecular weight excluding hydrogens is 604 g/mol. The minimum absolute atomic E-state index is 0.333. The number of aliphatic hydroxyl groups is 4. The molecule has 0 radical (unpaired) electrons. The van der Waals surface area contributed by atoms with Gasteiger partial charge < -0.3 is 60.2 Å². The highest BCUT2D eigenvalue weighted by Gasteiger charge is 2.37. The lowest BCUT2D eigenvalue weighted by molar-refractivity contribution is -0.172. The van der Waals surface area contributed by atoms with Crippen LogP contribution in [-0.2, 0) is 9.59 Å². The predicted molar refractivity (Wildman–Crippen MR) is 169 cm³/mol. The molecular formula is C32H44N2O12. The molecule has 8 N–H and O–H groups in total. The summed E-state index contributed by atoms with van der Waals surface area (Å²) in [6, 6.07) is 13.0. The molecule has 4 rings (SSSR count). The molecule has 0 bridgehead atoms. The van der Waals surface area contributed by atoms with E-state index in [1.54, 1.807) is 0 Å². The third-order valence-corrected chi connectivity index (χ3v) is 6.88. The van der Waals surface area contributed by atoms with Gasteiger partial charge in [-0.05, 0) is 76.2 Å². The Labute approximate surface area is 267 Å². The highest BCUT2D eigenvalue weighted by atomic mass is 16.7. The van der Waals surface area contributed by atoms with Crippen LogP contribution in [0.4, 0.5) is 0 Å². The van der Waals surface area contributed by atoms with E-state index in [1.807, 2.05) is 50.5 Å². The molecule has 0 fully saturated rings. The number of hydrogen-bond donors (Lipinski definition) is 8. The first-order chi connectivity index (χ1) is 21.9. The molecule has 0 saturated carbocycles. The number of carboxylic acids is 2. The summed E-state index contributed by atoms with van der Waals surface area (Å²) in [5.41, 5.74) is 2.29. The van der Waals surface area contributed by atoms with E-state index in [0.29, 0.717) is 25.7 Å². The maximum absolute atomic E-state index is 10.1. The van der Waals surface area contributed by atoms with Crippen molar-refractivity contribution in [3.05, 3.63) is 59.7 Å². The lowest BCUT2D eigenvalue weighted by atomic mass is 10.0. The quantitative estimate of drug-likeness (QED) is 0.154. The van der Waals surface area contributed by atoms with Crippen LogP contribution in [0.5, 0.6) is 23.0 Å². The second-order valence-electron chi connectivity index (χ2n) is 10.4. The molecule has 0 spiro atoms. The first kappa shape index (κ1) is 38.0. The van der Waals surface area contributed by atoms with Gasteiger partial charge in [-0.3, -0.25) is 0 Å². The zero-order chi connectivity index (χ0) is 34.2. The molecule has 2 unspecified atom stereocenters. The van der Waals surface area contributed by atoms with Crippen molar-refractivity contribution in [3.63, 3.8) is 0 Å². The van der Waals surface area contributed by atoms with Crippen molar-refractivity contribution in [2.24, 2.45) is 0 Å². The fourth-order valence-corrected chi connectivity index (χ4v) is 3.75. The number of hydrogen-bond acceptors (Lipinski definition) is 12. The fraction of sp³-hybridized carbons (Fsp3) is 0.438. The summed E-state index contributed by atoms with van der Waals surface area (Å²) in [5.74, 6) is -0.336. The number of aliphatic carboxylic acids is 2. The van der Waals surface area contributed by atoms with E-state index < -0.39 is 36.4 Å². The molecule has 14 heteroatoms. The Hall–Kier alpha value is -4.18. The molecule has 0 aliphatic carbocycles. The Balaban J connectivity index is 0.000000241. The maximum atomic E-state index is 10.1. The number of carboxylic acid groups (broad SMARTS) is 2. The number of carbonyl (C=O) groups is 2. The molecule has 0 amide bonds. The number of benzene rings is 2. The van der Waals surface area contributed by atoms with Crippen molar-refractivity contribution in [1.29, 1.82) is 0 Å². The molecule has 2 aromatic rings. The standard InChI is InChI=1S/2C13H17NO2.C6H10O8/c2*1-10(14-2)4-3-5-11-6-7-12-13(8-11)16-9-15-12;7-1(3(9)5(11)12)2(8)4(10)6(13)14/h2*3,5-8,10,14H,4,9H2,1-2H3;1-4,7-10H,(H,11,12)(H,13,14)/b2*5-3+;/t;;1-,2+,3+,4-. The van der Waals surface area contributed by atoms with Gasteiger partial charge in [-0.1, -0.05) is 36.4 Å². The van der Waals surface area contributed by atoms with Gasteiger partial charge in [-0.25, -0.2) is 9.59 Å². The normalized spacial score (nSPS) is 16.8. The van der Waals surface area contributed by atoms with Crippen molar-refractivity contribution >= 4 is 24.1 Å². The number of nitrogens with one attached hydrogen (secondary N) is 2. The predicted octanol–water partition coefficient (Wildman–Crippen LogP) is 1.45. The highest BCUT2D eigenvalue weighted by molar-refractivity contribution is 5.75. The summed E-state index contributed by atoms with van der Waals surface area (Å²) in [6.45, 7) is 4.98. The molecule has 2 aliphatic rings. The van der Waals surface area contributed by atoms with Gasteiger partial charge in [-0.2, -0.15) is 0 Å². The van der Waals surface area contributed by atoms with Crippen LogP contribution in [-0.4, -0.2) is 107 Å². The van der Waals surface area contributed by atoms with Crippen LogP contribution < -0.4 is 29.6 Å². The number of ether oxygens (including phenoxy) is 4. The third-order valence-electron chi connectivity index (χ3n) is 6.88. The molecule has 0 aromatic heterocycles. The topological polar surface area (TPSA) is 216 Å². The smallest absolute Gasteiger partial charge is 0.335 e. The Bertz CT molecular complexity index is 1220. The van der Waals surface area contributed by atoms with Crippen molar-refractivity contribution in [2.45, 2.75) is 63.2 Å². The molecule has 254 valence electrons. The van der Waals surface area contributed by atoms with E-state index in [9.17, 15) is 9.59 Å². The monoisotopic (exact) mass is 648 g/mol. The van der Waals surface area contributed by atoms with Crippen molar-refractivity contribution in [3.8, 4) is 23.0 Å². The van der Waals surface area contributed by atoms with E-state index in [2.05, 4.69) is 48.8 Å². The molecule has 14 nitrogen and oxygen atoms in total. The molecule has 0 saturated heterocycles. The lowest BCUT2D eigenvalue weighted by Crippen LogP contribution is -2.49. The van der Waals surface area contributed by atoms with E-state index >= 15 is 0 Å². The van der Waals surface area contributed by atoms with Crippen LogP contribution in [0, 0.1) is 0 Å². The molecule has 2 aromatic carbocycles. The molecule has 2 heterocycles. The van der Waals surface area contributed by atoms with Gasteiger partial charge in [0.1, 0.15) is 12.2 Å². The first-order valence-corrected chi connectivity index (χ1v) is 14.5. The summed E-state index contributed by atoms with van der Waals surface area (Å²) in [7, 11) is 3.94. The minimum Gasteiger partial charge on any atom is -0.479 e. The van der Waals surface area contributed by atoms with Crippen LogP contribution in [0.1, 0.15) is 37.8 Å². The Kier molecular flexibility index (Phi) is 16.0. The summed E-state index contributed by atoms with van der Waals surface area (Å²) < 4.78 is 21.2. The first-order valence-electron chi connectivity index (χ1n) is 14.5. The summed E-state index contributed by atoms with van der Waals surface area (Å²) in [6.07, 6.45) is 1.30. The van der Waals surface area contributed by atoms with Gasteiger partial charge in [0, 0.05) is 12.1 Å². The minimum atomic E-state index is -2.36. The SMILES string of the molecule is CNC(C)C/C=C/c1ccc2c(c1)OCO2.CNC(C)C/C=C/c1ccc2c(c1)OCO2.O=C(O)[C@@H](O)[C@H](O)[C@H](O)[C@@H](O)C(=O)O. The zero-order valence-electron chi connectivity index (χ0n) is 26.2. The molecule has 6 atom stereocenters. The van der Waals surface area contributed by atoms with Gasteiger partial charge in [-0.15, -0.1) is 0 Å². The Morgan fingerprint density at radius 2 is 1.02 bits per heavy atom. The number of rotatable bonds is 13. The van der Waals surface area contributed by atoms with Gasteiger partial charge in [0.2, 0.25) is 13.6 Å². The Morgan fingerprint density at radius 1 is 0.674 bits per heavy atom. The van der Waals surface area contributed by atoms with Crippen LogP contribution in [0.2, 0.25) is 0 Å². The van der Waals surface area contributed by atoms with E-state index in [-0.39, 0.29) is 0 Å². The van der Waals surface area contributed by atoms with Crippen molar-refractivity contribution in [1.82, 2.24) is 10.6 Å². The second kappa shape index (κ2) is 19.4. The van der Waals surface area contributed by atoms with Gasteiger partial charge >= 0.3 is 11.9 Å². The fourth-order valence-electron chi connectivity index (χ4n) is 3.75. The van der Waals surface area contributed by atoms with Crippen LogP contribution in [0.25, 0.3) is 12.2 Å².